The number of hydrogen-bond acceptors (Lipinski definition) is 8. The number of carbonyl (C=O) groups excluding carboxylic acids is 2. The summed E-state index contributed by atoms with van der Waals surface area (Å²) in [7, 11) is 0. The maximum absolute atomic E-state index is 12.1. The van der Waals surface area contributed by atoms with Gasteiger partial charge in [0.1, 0.15) is 5.75 Å². The number of nitro benzene ring substituents is 1. The second-order valence-electron chi connectivity index (χ2n) is 6.08. The number of fused-ring (bicyclic) bond motifs is 1. The molecule has 0 saturated heterocycles. The van der Waals surface area contributed by atoms with Crippen LogP contribution < -0.4 is 19.5 Å². The Kier molecular flexibility index (Phi) is 6.12. The molecule has 0 aromatic heterocycles. The maximum atomic E-state index is 12.1. The van der Waals surface area contributed by atoms with Crippen LogP contribution in [0.25, 0.3) is 0 Å². The van der Waals surface area contributed by atoms with E-state index in [2.05, 4.69) is 5.32 Å². The molecular weight excluding hydrogens is 384 g/mol. The first-order valence-electron chi connectivity index (χ1n) is 8.65. The Balaban J connectivity index is 1.41. The zero-order valence-corrected chi connectivity index (χ0v) is 15.5. The molecule has 3 rings (SSSR count). The molecule has 1 aliphatic heterocycles. The minimum Gasteiger partial charge on any atom is -0.482 e. The molecule has 1 amide bonds. The van der Waals surface area contributed by atoms with Gasteiger partial charge in [-0.2, -0.15) is 0 Å². The Hall–Kier alpha value is -3.82. The van der Waals surface area contributed by atoms with Gasteiger partial charge in [-0.3, -0.25) is 14.9 Å². The number of ether oxygens (including phenoxy) is 4. The van der Waals surface area contributed by atoms with Gasteiger partial charge in [0.2, 0.25) is 6.79 Å². The number of nitrogens with one attached hydrogen (secondary N) is 1. The second-order valence-corrected chi connectivity index (χ2v) is 6.08. The summed E-state index contributed by atoms with van der Waals surface area (Å²) in [6.45, 7) is 1.41. The van der Waals surface area contributed by atoms with Gasteiger partial charge in [-0.15, -0.1) is 0 Å². The van der Waals surface area contributed by atoms with Crippen molar-refractivity contribution in [3.63, 3.8) is 0 Å². The van der Waals surface area contributed by atoms with E-state index in [9.17, 15) is 19.7 Å². The second kappa shape index (κ2) is 8.91. The molecule has 1 heterocycles. The predicted octanol–water partition coefficient (Wildman–Crippen LogP) is 1.95. The van der Waals surface area contributed by atoms with E-state index < -0.39 is 29.5 Å². The average molecular weight is 402 g/mol. The van der Waals surface area contributed by atoms with Gasteiger partial charge in [0.15, 0.2) is 24.2 Å². The van der Waals surface area contributed by atoms with Crippen LogP contribution in [-0.2, 0) is 20.9 Å². The highest BCUT2D eigenvalue weighted by Crippen LogP contribution is 2.32. The van der Waals surface area contributed by atoms with Crippen molar-refractivity contribution < 1.29 is 33.5 Å². The summed E-state index contributed by atoms with van der Waals surface area (Å²) in [5.74, 6) is 0.322. The van der Waals surface area contributed by atoms with Crippen LogP contribution in [0, 0.1) is 10.1 Å². The standard InChI is InChI=1S/C19H18N2O8/c1-12(19(23)20-9-13-2-7-16-17(8-13)28-11-27-16)29-18(22)10-26-15-5-3-14(4-6-15)21(24)25/h2-8,12H,9-11H2,1H3,(H,20,23)/t12-/m0/s1. The van der Waals surface area contributed by atoms with Crippen molar-refractivity contribution in [2.45, 2.75) is 19.6 Å². The van der Waals surface area contributed by atoms with Crippen LogP contribution in [0.3, 0.4) is 0 Å². The van der Waals surface area contributed by atoms with E-state index in [1.165, 1.54) is 31.2 Å². The third-order valence-corrected chi connectivity index (χ3v) is 3.99. The van der Waals surface area contributed by atoms with Gasteiger partial charge in [0, 0.05) is 18.7 Å². The fourth-order valence-corrected chi connectivity index (χ4v) is 2.47. The quantitative estimate of drug-likeness (QED) is 0.403. The molecule has 0 radical (unpaired) electrons. The van der Waals surface area contributed by atoms with Crippen molar-refractivity contribution in [2.75, 3.05) is 13.4 Å². The van der Waals surface area contributed by atoms with E-state index in [1.54, 1.807) is 18.2 Å². The number of benzene rings is 2. The topological polar surface area (TPSA) is 126 Å². The number of nitrogens with zero attached hydrogens (tertiary/aromatic N) is 1. The molecule has 0 fully saturated rings. The fraction of sp³-hybridized carbons (Fsp3) is 0.263. The summed E-state index contributed by atoms with van der Waals surface area (Å²) in [5, 5.41) is 13.3. The van der Waals surface area contributed by atoms with Crippen LogP contribution >= 0.6 is 0 Å². The summed E-state index contributed by atoms with van der Waals surface area (Å²) in [6.07, 6.45) is -1.02. The first-order chi connectivity index (χ1) is 13.9. The molecule has 1 atom stereocenters. The lowest BCUT2D eigenvalue weighted by atomic mass is 10.2. The molecular formula is C19H18N2O8. The number of carbonyl (C=O) groups is 2. The summed E-state index contributed by atoms with van der Waals surface area (Å²) in [5.41, 5.74) is 0.718. The van der Waals surface area contributed by atoms with Gasteiger partial charge in [-0.1, -0.05) is 6.07 Å². The first kappa shape index (κ1) is 19.9. The molecule has 1 N–H and O–H groups in total. The molecule has 152 valence electrons. The van der Waals surface area contributed by atoms with Crippen LogP contribution in [0.1, 0.15) is 12.5 Å². The number of non-ortho nitro benzene ring substituents is 1. The molecule has 0 spiro atoms. The van der Waals surface area contributed by atoms with E-state index in [0.717, 1.165) is 5.56 Å². The number of nitro groups is 1. The summed E-state index contributed by atoms with van der Waals surface area (Å²) in [4.78, 5) is 34.0. The molecule has 10 nitrogen and oxygen atoms in total. The Morgan fingerprint density at radius 2 is 1.90 bits per heavy atom. The highest BCUT2D eigenvalue weighted by Gasteiger charge is 2.19. The van der Waals surface area contributed by atoms with Crippen LogP contribution in [0.5, 0.6) is 17.2 Å². The van der Waals surface area contributed by atoms with Gasteiger partial charge in [0.25, 0.3) is 11.6 Å². The fourth-order valence-electron chi connectivity index (χ4n) is 2.47. The third kappa shape index (κ3) is 5.34. The molecule has 0 saturated carbocycles. The number of amides is 1. The summed E-state index contributed by atoms with van der Waals surface area (Å²) < 4.78 is 20.7. The van der Waals surface area contributed by atoms with Crippen molar-refractivity contribution in [3.8, 4) is 17.2 Å². The van der Waals surface area contributed by atoms with E-state index in [-0.39, 0.29) is 24.8 Å². The number of esters is 1. The molecule has 0 aliphatic carbocycles. The lowest BCUT2D eigenvalue weighted by Gasteiger charge is -2.14. The van der Waals surface area contributed by atoms with Crippen molar-refractivity contribution in [1.82, 2.24) is 5.32 Å². The molecule has 0 unspecified atom stereocenters. The Morgan fingerprint density at radius 1 is 1.17 bits per heavy atom. The van der Waals surface area contributed by atoms with Crippen LogP contribution in [-0.4, -0.2) is 36.3 Å². The minimum atomic E-state index is -1.02. The van der Waals surface area contributed by atoms with Gasteiger partial charge in [-0.05, 0) is 36.8 Å². The van der Waals surface area contributed by atoms with Crippen LogP contribution in [0.15, 0.2) is 42.5 Å². The Morgan fingerprint density at radius 3 is 2.62 bits per heavy atom. The maximum Gasteiger partial charge on any atom is 0.344 e. The Bertz CT molecular complexity index is 913. The monoisotopic (exact) mass is 402 g/mol. The van der Waals surface area contributed by atoms with Crippen molar-refractivity contribution in [3.05, 3.63) is 58.1 Å². The van der Waals surface area contributed by atoms with E-state index in [1.807, 2.05) is 0 Å². The zero-order valence-electron chi connectivity index (χ0n) is 15.5. The van der Waals surface area contributed by atoms with E-state index in [0.29, 0.717) is 11.5 Å². The SMILES string of the molecule is C[C@H](OC(=O)COc1ccc([N+](=O)[O-])cc1)C(=O)NCc1ccc2c(c1)OCO2. The number of rotatable bonds is 8. The summed E-state index contributed by atoms with van der Waals surface area (Å²) >= 11 is 0. The molecule has 1 aliphatic rings. The van der Waals surface area contributed by atoms with E-state index >= 15 is 0 Å². The lowest BCUT2D eigenvalue weighted by Crippen LogP contribution is -2.36. The summed E-state index contributed by atoms with van der Waals surface area (Å²) in [6, 6.07) is 10.6. The first-order valence-corrected chi connectivity index (χ1v) is 8.65. The molecule has 29 heavy (non-hydrogen) atoms. The van der Waals surface area contributed by atoms with E-state index in [4.69, 9.17) is 18.9 Å². The lowest BCUT2D eigenvalue weighted by molar-refractivity contribution is -0.384. The smallest absolute Gasteiger partial charge is 0.344 e. The van der Waals surface area contributed by atoms with Crippen molar-refractivity contribution in [2.24, 2.45) is 0 Å². The van der Waals surface area contributed by atoms with Crippen LogP contribution in [0.4, 0.5) is 5.69 Å². The largest absolute Gasteiger partial charge is 0.482 e. The van der Waals surface area contributed by atoms with Crippen LogP contribution in [0.2, 0.25) is 0 Å². The predicted molar refractivity (Wildman–Crippen MR) is 98.6 cm³/mol. The average Bonchev–Trinajstić information content (AvgIpc) is 3.18. The molecule has 2 aromatic carbocycles. The van der Waals surface area contributed by atoms with Crippen molar-refractivity contribution in [1.29, 1.82) is 0 Å². The highest BCUT2D eigenvalue weighted by molar-refractivity contribution is 5.83. The number of hydrogen-bond donors (Lipinski definition) is 1. The molecule has 10 heteroatoms. The Labute approximate surface area is 165 Å². The highest BCUT2D eigenvalue weighted by atomic mass is 16.7. The van der Waals surface area contributed by atoms with Gasteiger partial charge < -0.3 is 24.3 Å². The van der Waals surface area contributed by atoms with Gasteiger partial charge >= 0.3 is 5.97 Å². The minimum absolute atomic E-state index is 0.0901. The third-order valence-electron chi connectivity index (χ3n) is 3.99. The molecule has 0 bridgehead atoms. The van der Waals surface area contributed by atoms with Gasteiger partial charge in [0.05, 0.1) is 4.92 Å². The zero-order chi connectivity index (χ0) is 20.8. The normalized spacial score (nSPS) is 12.7. The van der Waals surface area contributed by atoms with Gasteiger partial charge in [-0.25, -0.2) is 4.79 Å². The molecule has 2 aromatic rings. The van der Waals surface area contributed by atoms with Crippen molar-refractivity contribution >= 4 is 17.6 Å².